The minimum atomic E-state index is -1.78. The van der Waals surface area contributed by atoms with Gasteiger partial charge in [0, 0.05) is 12.8 Å². The van der Waals surface area contributed by atoms with Gasteiger partial charge in [-0.25, -0.2) is 4.79 Å². The molecule has 5 unspecified atom stereocenters. The highest BCUT2D eigenvalue weighted by Crippen LogP contribution is 2.08. The fourth-order valence-corrected chi connectivity index (χ4v) is 2.79. The predicted octanol–water partition coefficient (Wildman–Crippen LogP) is -2.50. The van der Waals surface area contributed by atoms with Crippen molar-refractivity contribution in [3.05, 3.63) is 0 Å². The Hall–Kier alpha value is -3.75. The number of amides is 4. The van der Waals surface area contributed by atoms with E-state index in [1.54, 1.807) is 13.8 Å². The van der Waals surface area contributed by atoms with Crippen molar-refractivity contribution in [3.63, 3.8) is 0 Å². The molecule has 10 N–H and O–H groups in total. The van der Waals surface area contributed by atoms with Gasteiger partial charge in [0.2, 0.25) is 23.6 Å². The van der Waals surface area contributed by atoms with E-state index in [9.17, 15) is 38.7 Å². The molecule has 15 heteroatoms. The van der Waals surface area contributed by atoms with Gasteiger partial charge in [0.05, 0.1) is 12.5 Å². The predicted molar refractivity (Wildman–Crippen MR) is 118 cm³/mol. The quantitative estimate of drug-likeness (QED) is 0.103. The zero-order chi connectivity index (χ0) is 27.3. The lowest BCUT2D eigenvalue weighted by Crippen LogP contribution is -2.58. The van der Waals surface area contributed by atoms with Crippen LogP contribution in [0.2, 0.25) is 0 Å². The van der Waals surface area contributed by atoms with E-state index in [0.717, 1.165) is 0 Å². The average Bonchev–Trinajstić information content (AvgIpc) is 2.76. The molecule has 0 bridgehead atoms. The third-order valence-electron chi connectivity index (χ3n) is 5.15. The summed E-state index contributed by atoms with van der Waals surface area (Å²) in [5, 5.41) is 33.7. The Morgan fingerprint density at radius 1 is 0.743 bits per heavy atom. The highest BCUT2D eigenvalue weighted by atomic mass is 16.4. The van der Waals surface area contributed by atoms with Crippen LogP contribution >= 0.6 is 0 Å². The molecule has 0 rings (SSSR count). The van der Waals surface area contributed by atoms with Gasteiger partial charge in [0.15, 0.2) is 0 Å². The van der Waals surface area contributed by atoms with Crippen LogP contribution in [0.1, 0.15) is 52.4 Å². The molecule has 0 aliphatic heterocycles. The number of carbonyl (C=O) groups excluding carboxylic acids is 4. The van der Waals surface area contributed by atoms with Crippen LogP contribution < -0.4 is 27.4 Å². The molecular formula is C20H33N5O10. The lowest BCUT2D eigenvalue weighted by atomic mass is 9.98. The van der Waals surface area contributed by atoms with Crippen LogP contribution in [-0.4, -0.2) is 81.0 Å². The maximum Gasteiger partial charge on any atom is 0.326 e. The van der Waals surface area contributed by atoms with Gasteiger partial charge in [-0.3, -0.25) is 28.8 Å². The van der Waals surface area contributed by atoms with Crippen molar-refractivity contribution in [1.82, 2.24) is 16.0 Å². The molecule has 0 aromatic rings. The zero-order valence-electron chi connectivity index (χ0n) is 19.5. The highest BCUT2D eigenvalue weighted by Gasteiger charge is 2.32. The van der Waals surface area contributed by atoms with Crippen LogP contribution in [0, 0.1) is 5.92 Å². The number of primary amides is 1. The summed E-state index contributed by atoms with van der Waals surface area (Å²) in [6.07, 6.45) is -2.10. The Labute approximate surface area is 201 Å². The van der Waals surface area contributed by atoms with E-state index in [-0.39, 0.29) is 18.8 Å². The van der Waals surface area contributed by atoms with Crippen LogP contribution in [0.5, 0.6) is 0 Å². The van der Waals surface area contributed by atoms with Crippen molar-refractivity contribution in [2.45, 2.75) is 76.5 Å². The van der Waals surface area contributed by atoms with Gasteiger partial charge < -0.3 is 42.7 Å². The molecule has 0 spiro atoms. The monoisotopic (exact) mass is 503 g/mol. The summed E-state index contributed by atoms with van der Waals surface area (Å²) in [5.74, 6) is -8.41. The van der Waals surface area contributed by atoms with Crippen LogP contribution in [-0.2, 0) is 33.6 Å². The zero-order valence-corrected chi connectivity index (χ0v) is 19.5. The molecule has 0 heterocycles. The number of nitrogens with two attached hydrogens (primary N) is 2. The number of hydrogen-bond donors (Lipinski definition) is 8. The maximum atomic E-state index is 12.8. The summed E-state index contributed by atoms with van der Waals surface area (Å²) in [6, 6.07) is -5.86. The molecule has 0 aromatic heterocycles. The molecular weight excluding hydrogens is 470 g/mol. The first-order chi connectivity index (χ1) is 16.2. The lowest BCUT2D eigenvalue weighted by molar-refractivity contribution is -0.143. The van der Waals surface area contributed by atoms with E-state index >= 15 is 0 Å². The second-order valence-electron chi connectivity index (χ2n) is 7.97. The van der Waals surface area contributed by atoms with Gasteiger partial charge in [-0.15, -0.1) is 0 Å². The summed E-state index contributed by atoms with van der Waals surface area (Å²) in [6.45, 7) is 3.48. The molecule has 0 aliphatic rings. The van der Waals surface area contributed by atoms with Crippen molar-refractivity contribution in [2.24, 2.45) is 17.4 Å². The van der Waals surface area contributed by atoms with Gasteiger partial charge in [0.25, 0.3) is 0 Å². The summed E-state index contributed by atoms with van der Waals surface area (Å²) in [7, 11) is 0. The van der Waals surface area contributed by atoms with Gasteiger partial charge in [0.1, 0.15) is 18.1 Å². The standard InChI is InChI=1S/C20H33N5O10/c1-3-9(2)16(22)19(33)23-10(5-7-14(27)28)17(31)25-12(8-15(29)30)18(32)24-11(20(34)35)4-6-13(21)26/h9-12,16H,3-8,22H2,1-2H3,(H2,21,26)(H,23,33)(H,24,32)(H,25,31)(H,27,28)(H,29,30)(H,34,35). The van der Waals surface area contributed by atoms with E-state index in [4.69, 9.17) is 21.7 Å². The highest BCUT2D eigenvalue weighted by molar-refractivity contribution is 5.95. The molecule has 0 aromatic carbocycles. The van der Waals surface area contributed by atoms with Gasteiger partial charge >= 0.3 is 17.9 Å². The minimum Gasteiger partial charge on any atom is -0.481 e. The molecule has 5 atom stereocenters. The maximum absolute atomic E-state index is 12.8. The van der Waals surface area contributed by atoms with Crippen LogP contribution in [0.3, 0.4) is 0 Å². The Bertz CT molecular complexity index is 818. The fraction of sp³-hybridized carbons (Fsp3) is 0.650. The second-order valence-corrected chi connectivity index (χ2v) is 7.97. The lowest BCUT2D eigenvalue weighted by Gasteiger charge is -2.25. The summed E-state index contributed by atoms with van der Waals surface area (Å²) < 4.78 is 0. The third-order valence-corrected chi connectivity index (χ3v) is 5.15. The Balaban J connectivity index is 5.63. The number of carboxylic acid groups (broad SMARTS) is 3. The van der Waals surface area contributed by atoms with Crippen molar-refractivity contribution in [2.75, 3.05) is 0 Å². The number of carbonyl (C=O) groups is 7. The average molecular weight is 504 g/mol. The Morgan fingerprint density at radius 3 is 1.69 bits per heavy atom. The molecule has 4 amide bonds. The molecule has 0 radical (unpaired) electrons. The van der Waals surface area contributed by atoms with Crippen LogP contribution in [0.25, 0.3) is 0 Å². The van der Waals surface area contributed by atoms with E-state index in [0.29, 0.717) is 6.42 Å². The SMILES string of the molecule is CCC(C)C(N)C(=O)NC(CCC(=O)O)C(=O)NC(CC(=O)O)C(=O)NC(CCC(N)=O)C(=O)O. The van der Waals surface area contributed by atoms with Gasteiger partial charge in [-0.2, -0.15) is 0 Å². The fourth-order valence-electron chi connectivity index (χ4n) is 2.79. The molecule has 35 heavy (non-hydrogen) atoms. The number of rotatable bonds is 17. The molecule has 198 valence electrons. The van der Waals surface area contributed by atoms with Crippen molar-refractivity contribution in [3.8, 4) is 0 Å². The third kappa shape index (κ3) is 12.3. The number of hydrogen-bond acceptors (Lipinski definition) is 8. The summed E-state index contributed by atoms with van der Waals surface area (Å²) in [4.78, 5) is 82.2. The first kappa shape index (κ1) is 31.2. The molecule has 0 fully saturated rings. The van der Waals surface area contributed by atoms with Gasteiger partial charge in [-0.1, -0.05) is 20.3 Å². The summed E-state index contributed by atoms with van der Waals surface area (Å²) >= 11 is 0. The van der Waals surface area contributed by atoms with E-state index < -0.39 is 85.0 Å². The number of aliphatic carboxylic acids is 3. The first-order valence-electron chi connectivity index (χ1n) is 10.8. The van der Waals surface area contributed by atoms with Crippen molar-refractivity contribution < 1.29 is 48.9 Å². The molecule has 0 aliphatic carbocycles. The van der Waals surface area contributed by atoms with E-state index in [2.05, 4.69) is 10.6 Å². The number of carboxylic acids is 3. The number of nitrogens with one attached hydrogen (secondary N) is 3. The normalized spacial score (nSPS) is 14.9. The van der Waals surface area contributed by atoms with Crippen LogP contribution in [0.15, 0.2) is 0 Å². The smallest absolute Gasteiger partial charge is 0.326 e. The molecule has 0 saturated carbocycles. The molecule has 15 nitrogen and oxygen atoms in total. The molecule has 0 saturated heterocycles. The topological polar surface area (TPSA) is 268 Å². The van der Waals surface area contributed by atoms with Crippen molar-refractivity contribution in [1.29, 1.82) is 0 Å². The minimum absolute atomic E-state index is 0.267. The Morgan fingerprint density at radius 2 is 1.23 bits per heavy atom. The van der Waals surface area contributed by atoms with E-state index in [1.807, 2.05) is 5.32 Å². The van der Waals surface area contributed by atoms with Crippen molar-refractivity contribution >= 4 is 41.5 Å². The second kappa shape index (κ2) is 15.2. The Kier molecular flexibility index (Phi) is 13.6. The van der Waals surface area contributed by atoms with E-state index in [1.165, 1.54) is 0 Å². The summed E-state index contributed by atoms with van der Waals surface area (Å²) in [5.41, 5.74) is 10.8. The largest absolute Gasteiger partial charge is 0.481 e. The van der Waals surface area contributed by atoms with Gasteiger partial charge in [-0.05, 0) is 18.8 Å². The van der Waals surface area contributed by atoms with Crippen LogP contribution in [0.4, 0.5) is 0 Å². The first-order valence-corrected chi connectivity index (χ1v) is 10.8.